The monoisotopic (exact) mass is 266 g/mol. The predicted octanol–water partition coefficient (Wildman–Crippen LogP) is 4.49. The first-order chi connectivity index (χ1) is 9.66. The fourth-order valence-corrected chi connectivity index (χ4v) is 3.22. The summed E-state index contributed by atoms with van der Waals surface area (Å²) in [4.78, 5) is 0. The van der Waals surface area contributed by atoms with Crippen LogP contribution < -0.4 is 11.1 Å². The zero-order valence-electron chi connectivity index (χ0n) is 12.2. The van der Waals surface area contributed by atoms with E-state index in [1.54, 1.807) is 0 Å². The van der Waals surface area contributed by atoms with Gasteiger partial charge in [0, 0.05) is 29.4 Å². The summed E-state index contributed by atoms with van der Waals surface area (Å²) in [6.45, 7) is 5.55. The lowest BCUT2D eigenvalue weighted by Crippen LogP contribution is -2.13. The van der Waals surface area contributed by atoms with Gasteiger partial charge in [0.15, 0.2) is 0 Å². The summed E-state index contributed by atoms with van der Waals surface area (Å²) < 4.78 is 0. The Labute approximate surface area is 121 Å². The van der Waals surface area contributed by atoms with Crippen LogP contribution in [0, 0.1) is 5.92 Å². The van der Waals surface area contributed by atoms with Gasteiger partial charge in [-0.15, -0.1) is 0 Å². The van der Waals surface area contributed by atoms with E-state index in [4.69, 9.17) is 5.73 Å². The third-order valence-corrected chi connectivity index (χ3v) is 4.06. The Morgan fingerprint density at radius 2 is 1.95 bits per heavy atom. The first-order valence-electron chi connectivity index (χ1n) is 7.38. The van der Waals surface area contributed by atoms with Crippen molar-refractivity contribution >= 4 is 11.4 Å². The number of anilines is 2. The van der Waals surface area contributed by atoms with Gasteiger partial charge < -0.3 is 11.1 Å². The van der Waals surface area contributed by atoms with Gasteiger partial charge in [-0.2, -0.15) is 0 Å². The molecule has 1 atom stereocenters. The van der Waals surface area contributed by atoms with Gasteiger partial charge in [0.2, 0.25) is 0 Å². The van der Waals surface area contributed by atoms with E-state index in [2.05, 4.69) is 49.5 Å². The Morgan fingerprint density at radius 3 is 2.75 bits per heavy atom. The zero-order valence-corrected chi connectivity index (χ0v) is 12.2. The standard InChI is InChI=1S/C18H22N2/c1-12(2)10-13-11-20-17-9-5-8-16(19)18(17)15-7-4-3-6-14(13)15/h3-9,12-13,20H,10-11,19H2,1-2H3. The van der Waals surface area contributed by atoms with Crippen LogP contribution in [0.3, 0.4) is 0 Å². The Balaban J connectivity index is 2.16. The third-order valence-electron chi connectivity index (χ3n) is 4.06. The molecule has 2 aromatic carbocycles. The normalized spacial score (nSPS) is 17.1. The molecule has 0 amide bonds. The summed E-state index contributed by atoms with van der Waals surface area (Å²) in [7, 11) is 0. The fraction of sp³-hybridized carbons (Fsp3) is 0.333. The summed E-state index contributed by atoms with van der Waals surface area (Å²) in [5.74, 6) is 1.23. The summed E-state index contributed by atoms with van der Waals surface area (Å²) >= 11 is 0. The van der Waals surface area contributed by atoms with Crippen molar-refractivity contribution in [3.05, 3.63) is 48.0 Å². The number of hydrogen-bond acceptors (Lipinski definition) is 2. The number of benzene rings is 2. The Bertz CT molecular complexity index is 617. The molecule has 2 nitrogen and oxygen atoms in total. The van der Waals surface area contributed by atoms with Gasteiger partial charge in [0.1, 0.15) is 0 Å². The lowest BCUT2D eigenvalue weighted by molar-refractivity contribution is 0.513. The van der Waals surface area contributed by atoms with Crippen LogP contribution in [0.1, 0.15) is 31.7 Å². The van der Waals surface area contributed by atoms with E-state index in [1.165, 1.54) is 17.5 Å². The quantitative estimate of drug-likeness (QED) is 0.786. The molecule has 2 aromatic rings. The van der Waals surface area contributed by atoms with Crippen LogP contribution in [0.5, 0.6) is 0 Å². The van der Waals surface area contributed by atoms with E-state index in [0.717, 1.165) is 23.5 Å². The van der Waals surface area contributed by atoms with Gasteiger partial charge >= 0.3 is 0 Å². The van der Waals surface area contributed by atoms with Crippen molar-refractivity contribution in [3.63, 3.8) is 0 Å². The van der Waals surface area contributed by atoms with E-state index in [0.29, 0.717) is 11.8 Å². The van der Waals surface area contributed by atoms with Gasteiger partial charge in [-0.25, -0.2) is 0 Å². The molecule has 1 heterocycles. The molecule has 1 unspecified atom stereocenters. The molecule has 0 fully saturated rings. The lowest BCUT2D eigenvalue weighted by atomic mass is 9.86. The first-order valence-corrected chi connectivity index (χ1v) is 7.38. The molecule has 2 heteroatoms. The minimum atomic E-state index is 0.540. The molecule has 0 saturated carbocycles. The zero-order chi connectivity index (χ0) is 14.1. The maximum atomic E-state index is 6.23. The molecular weight excluding hydrogens is 244 g/mol. The van der Waals surface area contributed by atoms with Crippen LogP contribution in [-0.2, 0) is 0 Å². The second kappa shape index (κ2) is 5.20. The lowest BCUT2D eigenvalue weighted by Gasteiger charge is -2.19. The molecule has 0 saturated heterocycles. The smallest absolute Gasteiger partial charge is 0.0441 e. The van der Waals surface area contributed by atoms with Crippen molar-refractivity contribution < 1.29 is 0 Å². The average molecular weight is 266 g/mol. The highest BCUT2D eigenvalue weighted by Gasteiger charge is 2.23. The highest BCUT2D eigenvalue weighted by molar-refractivity contribution is 5.90. The first kappa shape index (κ1) is 13.0. The van der Waals surface area contributed by atoms with Gasteiger partial charge in [-0.05, 0) is 35.6 Å². The second-order valence-corrected chi connectivity index (χ2v) is 6.06. The molecule has 20 heavy (non-hydrogen) atoms. The van der Waals surface area contributed by atoms with Crippen molar-refractivity contribution in [3.8, 4) is 11.1 Å². The number of nitrogens with one attached hydrogen (secondary N) is 1. The molecule has 0 spiro atoms. The van der Waals surface area contributed by atoms with Crippen LogP contribution in [0.15, 0.2) is 42.5 Å². The molecule has 0 bridgehead atoms. The van der Waals surface area contributed by atoms with E-state index >= 15 is 0 Å². The van der Waals surface area contributed by atoms with Crippen LogP contribution in [0.4, 0.5) is 11.4 Å². The number of rotatable bonds is 2. The third kappa shape index (κ3) is 2.26. The molecule has 1 aliphatic rings. The van der Waals surface area contributed by atoms with Gasteiger partial charge in [-0.1, -0.05) is 44.2 Å². The maximum Gasteiger partial charge on any atom is 0.0441 e. The molecule has 1 aliphatic heterocycles. The SMILES string of the molecule is CC(C)CC1CNc2cccc(N)c2-c2ccccc21. The van der Waals surface area contributed by atoms with Crippen molar-refractivity contribution in [2.75, 3.05) is 17.6 Å². The van der Waals surface area contributed by atoms with Crippen LogP contribution >= 0.6 is 0 Å². The van der Waals surface area contributed by atoms with Crippen LogP contribution in [-0.4, -0.2) is 6.54 Å². The van der Waals surface area contributed by atoms with E-state index in [1.807, 2.05) is 12.1 Å². The van der Waals surface area contributed by atoms with Crippen molar-refractivity contribution in [1.82, 2.24) is 0 Å². The summed E-state index contributed by atoms with van der Waals surface area (Å²) in [5.41, 5.74) is 12.1. The van der Waals surface area contributed by atoms with Gasteiger partial charge in [-0.3, -0.25) is 0 Å². The molecule has 104 valence electrons. The minimum absolute atomic E-state index is 0.540. The maximum absolute atomic E-state index is 6.23. The molecule has 0 aromatic heterocycles. The summed E-state index contributed by atoms with van der Waals surface area (Å²) in [5, 5.41) is 3.59. The van der Waals surface area contributed by atoms with E-state index < -0.39 is 0 Å². The van der Waals surface area contributed by atoms with Crippen molar-refractivity contribution in [2.45, 2.75) is 26.2 Å². The topological polar surface area (TPSA) is 38.0 Å². The van der Waals surface area contributed by atoms with Crippen molar-refractivity contribution in [1.29, 1.82) is 0 Å². The Morgan fingerprint density at radius 1 is 1.15 bits per heavy atom. The van der Waals surface area contributed by atoms with Gasteiger partial charge in [0.25, 0.3) is 0 Å². The molecule has 0 aliphatic carbocycles. The summed E-state index contributed by atoms with van der Waals surface area (Å²) in [6.07, 6.45) is 1.19. The van der Waals surface area contributed by atoms with E-state index in [-0.39, 0.29) is 0 Å². The van der Waals surface area contributed by atoms with E-state index in [9.17, 15) is 0 Å². The number of nitrogen functional groups attached to an aromatic ring is 1. The van der Waals surface area contributed by atoms with Crippen LogP contribution in [0.2, 0.25) is 0 Å². The average Bonchev–Trinajstić information content (AvgIpc) is 2.58. The highest BCUT2D eigenvalue weighted by Crippen LogP contribution is 2.42. The Kier molecular flexibility index (Phi) is 3.39. The number of hydrogen-bond donors (Lipinski definition) is 2. The molecule has 3 N–H and O–H groups in total. The van der Waals surface area contributed by atoms with Gasteiger partial charge in [0.05, 0.1) is 0 Å². The van der Waals surface area contributed by atoms with Crippen molar-refractivity contribution in [2.24, 2.45) is 5.92 Å². The number of fused-ring (bicyclic) bond motifs is 3. The number of nitrogens with two attached hydrogens (primary N) is 1. The highest BCUT2D eigenvalue weighted by atomic mass is 14.9. The Hall–Kier alpha value is -1.96. The minimum Gasteiger partial charge on any atom is -0.398 e. The fourth-order valence-electron chi connectivity index (χ4n) is 3.22. The second-order valence-electron chi connectivity index (χ2n) is 6.06. The summed E-state index contributed by atoms with van der Waals surface area (Å²) in [6, 6.07) is 14.8. The molecular formula is C18H22N2. The molecule has 0 radical (unpaired) electrons. The molecule has 3 rings (SSSR count). The van der Waals surface area contributed by atoms with Crippen LogP contribution in [0.25, 0.3) is 11.1 Å². The largest absolute Gasteiger partial charge is 0.398 e. The predicted molar refractivity (Wildman–Crippen MR) is 87.0 cm³/mol.